The molecular formula is C14H19FN4S. The summed E-state index contributed by atoms with van der Waals surface area (Å²) in [5, 5.41) is 4.18. The van der Waals surface area contributed by atoms with E-state index in [0.717, 1.165) is 16.1 Å². The molecule has 0 aliphatic rings. The Morgan fingerprint density at radius 1 is 1.35 bits per heavy atom. The van der Waals surface area contributed by atoms with Gasteiger partial charge < -0.3 is 0 Å². The van der Waals surface area contributed by atoms with Crippen molar-refractivity contribution in [3.05, 3.63) is 45.7 Å². The minimum absolute atomic E-state index is 0.169. The SMILES string of the molecule is Cc1ccc(F)c(C(NN)c2snnc2C(C)(C)C)c1. The number of rotatable bonds is 3. The molecule has 0 saturated heterocycles. The average molecular weight is 294 g/mol. The maximum atomic E-state index is 14.1. The molecule has 2 aromatic rings. The fourth-order valence-corrected chi connectivity index (χ4v) is 3.04. The van der Waals surface area contributed by atoms with Gasteiger partial charge in [0.1, 0.15) is 5.82 Å². The first kappa shape index (κ1) is 15.0. The monoisotopic (exact) mass is 294 g/mol. The van der Waals surface area contributed by atoms with Crippen molar-refractivity contribution in [2.45, 2.75) is 39.2 Å². The molecule has 0 amide bonds. The van der Waals surface area contributed by atoms with E-state index < -0.39 is 6.04 Å². The largest absolute Gasteiger partial charge is 0.271 e. The van der Waals surface area contributed by atoms with E-state index >= 15 is 0 Å². The van der Waals surface area contributed by atoms with Crippen molar-refractivity contribution < 1.29 is 4.39 Å². The van der Waals surface area contributed by atoms with Gasteiger partial charge in [-0.3, -0.25) is 5.84 Å². The highest BCUT2D eigenvalue weighted by Gasteiger charge is 2.29. The predicted molar refractivity (Wildman–Crippen MR) is 78.9 cm³/mol. The van der Waals surface area contributed by atoms with Crippen molar-refractivity contribution in [1.82, 2.24) is 15.0 Å². The Bertz CT molecular complexity index is 603. The Hall–Kier alpha value is -1.37. The molecule has 20 heavy (non-hydrogen) atoms. The standard InChI is InChI=1S/C14H19FN4S/c1-8-5-6-10(15)9(7-8)11(17-16)12-13(14(2,3)4)18-19-20-12/h5-7,11,17H,16H2,1-4H3. The molecule has 0 aliphatic carbocycles. The molecule has 1 aromatic heterocycles. The fraction of sp³-hybridized carbons (Fsp3) is 0.429. The van der Waals surface area contributed by atoms with Crippen molar-refractivity contribution in [3.8, 4) is 0 Å². The van der Waals surface area contributed by atoms with E-state index in [2.05, 4.69) is 15.0 Å². The van der Waals surface area contributed by atoms with Crippen LogP contribution in [0.4, 0.5) is 4.39 Å². The molecule has 6 heteroatoms. The van der Waals surface area contributed by atoms with Gasteiger partial charge in [0.2, 0.25) is 0 Å². The lowest BCUT2D eigenvalue weighted by Gasteiger charge is -2.22. The number of hydrazine groups is 1. The molecular weight excluding hydrogens is 275 g/mol. The van der Waals surface area contributed by atoms with Gasteiger partial charge in [0.15, 0.2) is 0 Å². The zero-order valence-electron chi connectivity index (χ0n) is 12.1. The van der Waals surface area contributed by atoms with Crippen LogP contribution in [-0.4, -0.2) is 9.59 Å². The topological polar surface area (TPSA) is 63.8 Å². The van der Waals surface area contributed by atoms with E-state index in [4.69, 9.17) is 5.84 Å². The van der Waals surface area contributed by atoms with E-state index in [1.807, 2.05) is 27.7 Å². The molecule has 4 nitrogen and oxygen atoms in total. The van der Waals surface area contributed by atoms with E-state index in [1.54, 1.807) is 12.1 Å². The van der Waals surface area contributed by atoms with Gasteiger partial charge in [-0.05, 0) is 24.5 Å². The summed E-state index contributed by atoms with van der Waals surface area (Å²) in [5.74, 6) is 5.38. The molecule has 2 rings (SSSR count). The van der Waals surface area contributed by atoms with Crippen LogP contribution in [0.15, 0.2) is 18.2 Å². The lowest BCUT2D eigenvalue weighted by molar-refractivity contribution is 0.529. The number of hydrogen-bond donors (Lipinski definition) is 2. The summed E-state index contributed by atoms with van der Waals surface area (Å²) in [5.41, 5.74) is 4.86. The zero-order valence-corrected chi connectivity index (χ0v) is 12.9. The molecule has 1 aromatic carbocycles. The molecule has 1 atom stereocenters. The summed E-state index contributed by atoms with van der Waals surface area (Å²) < 4.78 is 18.1. The van der Waals surface area contributed by atoms with Crippen molar-refractivity contribution in [1.29, 1.82) is 0 Å². The molecule has 0 saturated carbocycles. The first-order valence-electron chi connectivity index (χ1n) is 6.39. The third kappa shape index (κ3) is 2.87. The molecule has 0 bridgehead atoms. The number of hydrogen-bond acceptors (Lipinski definition) is 5. The Morgan fingerprint density at radius 3 is 2.65 bits per heavy atom. The normalized spacial score (nSPS) is 13.5. The summed E-state index contributed by atoms with van der Waals surface area (Å²) >= 11 is 1.25. The van der Waals surface area contributed by atoms with E-state index in [0.29, 0.717) is 5.56 Å². The molecule has 0 aliphatic heterocycles. The summed E-state index contributed by atoms with van der Waals surface area (Å²) in [6, 6.07) is 4.55. The molecule has 1 heterocycles. The second-order valence-electron chi connectivity index (χ2n) is 5.86. The van der Waals surface area contributed by atoms with Crippen LogP contribution in [0.5, 0.6) is 0 Å². The smallest absolute Gasteiger partial charge is 0.128 e. The van der Waals surface area contributed by atoms with Gasteiger partial charge in [-0.1, -0.05) is 43.0 Å². The highest BCUT2D eigenvalue weighted by Crippen LogP contribution is 2.34. The Morgan fingerprint density at radius 2 is 2.05 bits per heavy atom. The van der Waals surface area contributed by atoms with Crippen LogP contribution in [-0.2, 0) is 5.41 Å². The number of halogens is 1. The third-order valence-electron chi connectivity index (χ3n) is 3.12. The fourth-order valence-electron chi connectivity index (χ4n) is 2.10. The first-order valence-corrected chi connectivity index (χ1v) is 7.17. The van der Waals surface area contributed by atoms with E-state index in [9.17, 15) is 4.39 Å². The lowest BCUT2D eigenvalue weighted by Crippen LogP contribution is -2.31. The summed E-state index contributed by atoms with van der Waals surface area (Å²) in [7, 11) is 0. The second-order valence-corrected chi connectivity index (χ2v) is 6.65. The number of nitrogens with two attached hydrogens (primary N) is 1. The maximum Gasteiger partial charge on any atom is 0.128 e. The van der Waals surface area contributed by atoms with Crippen LogP contribution in [0, 0.1) is 12.7 Å². The second kappa shape index (κ2) is 5.55. The van der Waals surface area contributed by atoms with Gasteiger partial charge >= 0.3 is 0 Å². The van der Waals surface area contributed by atoms with Crippen LogP contribution in [0.1, 0.15) is 48.5 Å². The van der Waals surface area contributed by atoms with E-state index in [-0.39, 0.29) is 11.2 Å². The first-order chi connectivity index (χ1) is 9.34. The number of nitrogens with one attached hydrogen (secondary N) is 1. The van der Waals surface area contributed by atoms with Crippen LogP contribution in [0.25, 0.3) is 0 Å². The third-order valence-corrected chi connectivity index (χ3v) is 3.90. The van der Waals surface area contributed by atoms with Gasteiger partial charge in [0.05, 0.1) is 16.6 Å². The molecule has 0 spiro atoms. The quantitative estimate of drug-likeness (QED) is 0.675. The predicted octanol–water partition coefficient (Wildman–Crippen LogP) is 2.84. The molecule has 0 fully saturated rings. The van der Waals surface area contributed by atoms with Gasteiger partial charge in [-0.25, -0.2) is 9.82 Å². The lowest BCUT2D eigenvalue weighted by atomic mass is 9.88. The zero-order chi connectivity index (χ0) is 14.9. The van der Waals surface area contributed by atoms with Crippen molar-refractivity contribution >= 4 is 11.5 Å². The highest BCUT2D eigenvalue weighted by atomic mass is 32.1. The van der Waals surface area contributed by atoms with Crippen LogP contribution >= 0.6 is 11.5 Å². The van der Waals surface area contributed by atoms with Gasteiger partial charge in [0.25, 0.3) is 0 Å². The molecule has 1 unspecified atom stereocenters. The minimum Gasteiger partial charge on any atom is -0.271 e. The molecule has 3 N–H and O–H groups in total. The van der Waals surface area contributed by atoms with Crippen molar-refractivity contribution in [2.24, 2.45) is 5.84 Å². The number of aryl methyl sites for hydroxylation is 1. The highest BCUT2D eigenvalue weighted by molar-refractivity contribution is 7.05. The van der Waals surface area contributed by atoms with E-state index in [1.165, 1.54) is 17.6 Å². The van der Waals surface area contributed by atoms with Crippen LogP contribution < -0.4 is 11.3 Å². The maximum absolute atomic E-state index is 14.1. The summed E-state index contributed by atoms with van der Waals surface area (Å²) in [6.45, 7) is 8.07. The Labute approximate surface area is 122 Å². The summed E-state index contributed by atoms with van der Waals surface area (Å²) in [4.78, 5) is 0.851. The number of nitrogens with zero attached hydrogens (tertiary/aromatic N) is 2. The number of benzene rings is 1. The average Bonchev–Trinajstić information content (AvgIpc) is 2.83. The van der Waals surface area contributed by atoms with Crippen LogP contribution in [0.2, 0.25) is 0 Å². The van der Waals surface area contributed by atoms with Gasteiger partial charge in [0, 0.05) is 11.0 Å². The minimum atomic E-state index is -0.441. The Kier molecular flexibility index (Phi) is 4.17. The molecule has 108 valence electrons. The van der Waals surface area contributed by atoms with Crippen LogP contribution in [0.3, 0.4) is 0 Å². The van der Waals surface area contributed by atoms with Crippen molar-refractivity contribution in [2.75, 3.05) is 0 Å². The van der Waals surface area contributed by atoms with Gasteiger partial charge in [-0.15, -0.1) is 5.10 Å². The Balaban J connectivity index is 2.54. The van der Waals surface area contributed by atoms with Crippen molar-refractivity contribution in [3.63, 3.8) is 0 Å². The number of aromatic nitrogens is 2. The van der Waals surface area contributed by atoms with Gasteiger partial charge in [-0.2, -0.15) is 0 Å². The molecule has 0 radical (unpaired) electrons. The summed E-state index contributed by atoms with van der Waals surface area (Å²) in [6.07, 6.45) is 0.